The molecule has 0 amide bonds. The Morgan fingerprint density at radius 2 is 2.00 bits per heavy atom. The van der Waals surface area contributed by atoms with Gasteiger partial charge in [-0.25, -0.2) is 0 Å². The average Bonchev–Trinajstić information content (AvgIpc) is 2.12. The molecule has 1 aromatic heterocycles. The van der Waals surface area contributed by atoms with Crippen LogP contribution in [0.1, 0.15) is 29.9 Å². The van der Waals surface area contributed by atoms with Crippen molar-refractivity contribution in [2.45, 2.75) is 26.8 Å². The van der Waals surface area contributed by atoms with E-state index in [-0.39, 0.29) is 6.04 Å². The molecule has 0 radical (unpaired) electrons. The lowest BCUT2D eigenvalue weighted by Gasteiger charge is -2.12. The predicted octanol–water partition coefficient (Wildman–Crippen LogP) is 1.98. The molecule has 1 N–H and O–H groups in total. The largest absolute Gasteiger partial charge is 0.300 e. The molecule has 1 unspecified atom stereocenters. The zero-order chi connectivity index (χ0) is 10.6. The Morgan fingerprint density at radius 1 is 1.43 bits per heavy atom. The highest BCUT2D eigenvalue weighted by Crippen LogP contribution is 2.13. The first-order valence-electron chi connectivity index (χ1n) is 4.82. The second kappa shape index (κ2) is 4.78. The summed E-state index contributed by atoms with van der Waals surface area (Å²) in [6.07, 6.45) is 5.46. The zero-order valence-electron chi connectivity index (χ0n) is 8.96. The van der Waals surface area contributed by atoms with Crippen LogP contribution in [-0.4, -0.2) is 11.5 Å². The average molecular weight is 188 g/mol. The smallest absolute Gasteiger partial charge is 0.0944 e. The summed E-state index contributed by atoms with van der Waals surface area (Å²) in [6, 6.07) is 4.06. The molecule has 74 valence electrons. The lowest BCUT2D eigenvalue weighted by Crippen LogP contribution is -2.19. The van der Waals surface area contributed by atoms with E-state index < -0.39 is 0 Å². The number of aryl methyl sites for hydroxylation is 2. The highest BCUT2D eigenvalue weighted by atomic mass is 14.9. The van der Waals surface area contributed by atoms with Crippen molar-refractivity contribution < 1.29 is 0 Å². The highest BCUT2D eigenvalue weighted by Gasteiger charge is 2.07. The molecular weight excluding hydrogens is 172 g/mol. The molecule has 0 bridgehead atoms. The molecule has 0 aliphatic carbocycles. The van der Waals surface area contributed by atoms with Gasteiger partial charge in [0.1, 0.15) is 0 Å². The van der Waals surface area contributed by atoms with E-state index in [9.17, 15) is 0 Å². The number of aromatic nitrogens is 1. The van der Waals surface area contributed by atoms with E-state index in [0.717, 1.165) is 23.5 Å². The molecule has 2 nitrogen and oxygen atoms in total. The van der Waals surface area contributed by atoms with Crippen molar-refractivity contribution in [3.8, 4) is 12.3 Å². The number of pyridine rings is 1. The predicted molar refractivity (Wildman–Crippen MR) is 59.0 cm³/mol. The highest BCUT2D eigenvalue weighted by molar-refractivity contribution is 5.28. The summed E-state index contributed by atoms with van der Waals surface area (Å²) in [6.45, 7) is 6.88. The summed E-state index contributed by atoms with van der Waals surface area (Å²) in [4.78, 5) is 4.31. The molecule has 0 spiro atoms. The molecule has 0 saturated heterocycles. The Hall–Kier alpha value is -1.33. The molecule has 0 saturated carbocycles. The molecule has 1 heterocycles. The van der Waals surface area contributed by atoms with Crippen LogP contribution in [-0.2, 0) is 0 Å². The van der Waals surface area contributed by atoms with E-state index in [2.05, 4.69) is 16.2 Å². The van der Waals surface area contributed by atoms with Crippen molar-refractivity contribution in [3.05, 3.63) is 29.1 Å². The number of rotatable bonds is 3. The van der Waals surface area contributed by atoms with E-state index >= 15 is 0 Å². The van der Waals surface area contributed by atoms with E-state index in [0.29, 0.717) is 0 Å². The first kappa shape index (κ1) is 10.7. The third kappa shape index (κ3) is 2.58. The second-order valence-electron chi connectivity index (χ2n) is 3.34. The molecule has 0 aliphatic rings. The molecule has 0 fully saturated rings. The zero-order valence-corrected chi connectivity index (χ0v) is 8.96. The van der Waals surface area contributed by atoms with Gasteiger partial charge in [0.15, 0.2) is 0 Å². The minimum atomic E-state index is 0.000370. The summed E-state index contributed by atoms with van der Waals surface area (Å²) in [5.41, 5.74) is 3.15. The maximum atomic E-state index is 5.46. The Morgan fingerprint density at radius 3 is 2.43 bits per heavy atom. The third-order valence-electron chi connectivity index (χ3n) is 2.01. The Bertz CT molecular complexity index is 330. The van der Waals surface area contributed by atoms with Crippen LogP contribution in [0.3, 0.4) is 0 Å². The second-order valence-corrected chi connectivity index (χ2v) is 3.34. The summed E-state index contributed by atoms with van der Waals surface area (Å²) >= 11 is 0. The molecule has 14 heavy (non-hydrogen) atoms. The van der Waals surface area contributed by atoms with Gasteiger partial charge in [0, 0.05) is 11.4 Å². The fraction of sp³-hybridized carbons (Fsp3) is 0.417. The lowest BCUT2D eigenvalue weighted by molar-refractivity contribution is 0.662. The fourth-order valence-electron chi connectivity index (χ4n) is 1.51. The van der Waals surface area contributed by atoms with Crippen molar-refractivity contribution in [3.63, 3.8) is 0 Å². The number of terminal acetylenes is 1. The molecule has 1 aromatic rings. The van der Waals surface area contributed by atoms with Gasteiger partial charge < -0.3 is 5.32 Å². The van der Waals surface area contributed by atoms with Gasteiger partial charge in [-0.3, -0.25) is 4.98 Å². The maximum absolute atomic E-state index is 5.46. The first-order valence-corrected chi connectivity index (χ1v) is 4.82. The van der Waals surface area contributed by atoms with E-state index in [1.165, 1.54) is 0 Å². The summed E-state index contributed by atoms with van der Waals surface area (Å²) in [5, 5.41) is 3.24. The maximum Gasteiger partial charge on any atom is 0.0944 e. The van der Waals surface area contributed by atoms with Gasteiger partial charge >= 0.3 is 0 Å². The molecule has 1 atom stereocenters. The van der Waals surface area contributed by atoms with Gasteiger partial charge in [0.25, 0.3) is 0 Å². The van der Waals surface area contributed by atoms with Gasteiger partial charge in [0.05, 0.1) is 6.04 Å². The van der Waals surface area contributed by atoms with Crippen molar-refractivity contribution in [1.29, 1.82) is 0 Å². The normalized spacial score (nSPS) is 12.1. The van der Waals surface area contributed by atoms with Crippen LogP contribution in [0.4, 0.5) is 0 Å². The van der Waals surface area contributed by atoms with Crippen molar-refractivity contribution in [2.24, 2.45) is 0 Å². The number of hydrogen-bond acceptors (Lipinski definition) is 2. The molecule has 2 heteroatoms. The van der Waals surface area contributed by atoms with Crippen LogP contribution in [0.25, 0.3) is 0 Å². The quantitative estimate of drug-likeness (QED) is 0.734. The van der Waals surface area contributed by atoms with Crippen LogP contribution >= 0.6 is 0 Å². The minimum Gasteiger partial charge on any atom is -0.300 e. The molecule has 0 aromatic carbocycles. The van der Waals surface area contributed by atoms with Crippen molar-refractivity contribution >= 4 is 0 Å². The number of hydrogen-bond donors (Lipinski definition) is 1. The summed E-state index contributed by atoms with van der Waals surface area (Å²) in [5.74, 6) is 2.73. The van der Waals surface area contributed by atoms with Crippen LogP contribution in [0, 0.1) is 26.2 Å². The Labute approximate surface area is 85.8 Å². The van der Waals surface area contributed by atoms with Crippen molar-refractivity contribution in [1.82, 2.24) is 10.3 Å². The Kier molecular flexibility index (Phi) is 3.67. The SMILES string of the molecule is C#CC(NCC)c1cc(C)nc(C)c1. The van der Waals surface area contributed by atoms with Crippen LogP contribution in [0.2, 0.25) is 0 Å². The van der Waals surface area contributed by atoms with Crippen molar-refractivity contribution in [2.75, 3.05) is 6.54 Å². The molecule has 1 rings (SSSR count). The first-order chi connectivity index (χ1) is 6.67. The Balaban J connectivity index is 2.99. The van der Waals surface area contributed by atoms with E-state index in [1.807, 2.05) is 32.9 Å². The monoisotopic (exact) mass is 188 g/mol. The number of nitrogens with zero attached hydrogens (tertiary/aromatic N) is 1. The summed E-state index contributed by atoms with van der Waals surface area (Å²) < 4.78 is 0. The van der Waals surface area contributed by atoms with Gasteiger partial charge in [0.2, 0.25) is 0 Å². The summed E-state index contributed by atoms with van der Waals surface area (Å²) in [7, 11) is 0. The minimum absolute atomic E-state index is 0.000370. The van der Waals surface area contributed by atoms with Gasteiger partial charge in [-0.2, -0.15) is 0 Å². The van der Waals surface area contributed by atoms with Crippen LogP contribution < -0.4 is 5.32 Å². The number of nitrogens with one attached hydrogen (secondary N) is 1. The molecule has 0 aliphatic heterocycles. The van der Waals surface area contributed by atoms with E-state index in [1.54, 1.807) is 0 Å². The lowest BCUT2D eigenvalue weighted by atomic mass is 10.1. The topological polar surface area (TPSA) is 24.9 Å². The standard InChI is InChI=1S/C12H16N2/c1-5-12(13-6-2)11-7-9(3)14-10(4)8-11/h1,7-8,12-13H,6H2,2-4H3. The van der Waals surface area contributed by atoms with Gasteiger partial charge in [-0.1, -0.05) is 12.8 Å². The van der Waals surface area contributed by atoms with Gasteiger partial charge in [-0.05, 0) is 38.1 Å². The fourth-order valence-corrected chi connectivity index (χ4v) is 1.51. The molecular formula is C12H16N2. The van der Waals surface area contributed by atoms with Crippen LogP contribution in [0.15, 0.2) is 12.1 Å². The van der Waals surface area contributed by atoms with Gasteiger partial charge in [-0.15, -0.1) is 6.42 Å². The van der Waals surface area contributed by atoms with Crippen LogP contribution in [0.5, 0.6) is 0 Å². The van der Waals surface area contributed by atoms with E-state index in [4.69, 9.17) is 6.42 Å². The third-order valence-corrected chi connectivity index (χ3v) is 2.01.